The molecule has 88 valence electrons. The minimum Gasteiger partial charge on any atom is -0.488 e. The lowest BCUT2D eigenvalue weighted by atomic mass is 10.2. The molecule has 2 nitrogen and oxygen atoms in total. The molecule has 2 aromatic rings. The lowest BCUT2D eigenvalue weighted by molar-refractivity contribution is 0.304. The van der Waals surface area contributed by atoms with Crippen molar-refractivity contribution in [2.75, 3.05) is 5.73 Å². The van der Waals surface area contributed by atoms with Gasteiger partial charge >= 0.3 is 0 Å². The van der Waals surface area contributed by atoms with Crippen molar-refractivity contribution < 1.29 is 9.13 Å². The van der Waals surface area contributed by atoms with Crippen LogP contribution in [-0.2, 0) is 6.61 Å². The maximum atomic E-state index is 12.7. The van der Waals surface area contributed by atoms with Gasteiger partial charge in [0.1, 0.15) is 18.2 Å². The van der Waals surface area contributed by atoms with Crippen LogP contribution in [0.15, 0.2) is 46.9 Å². The van der Waals surface area contributed by atoms with E-state index in [4.69, 9.17) is 10.5 Å². The van der Waals surface area contributed by atoms with Crippen molar-refractivity contribution in [1.29, 1.82) is 0 Å². The zero-order valence-electron chi connectivity index (χ0n) is 8.99. The molecule has 0 amide bonds. The fourth-order valence-corrected chi connectivity index (χ4v) is 1.76. The van der Waals surface area contributed by atoms with Crippen LogP contribution in [0, 0.1) is 5.82 Å². The summed E-state index contributed by atoms with van der Waals surface area (Å²) < 4.78 is 19.0. The minimum absolute atomic E-state index is 0.251. The molecular formula is C13H11BrFNO. The van der Waals surface area contributed by atoms with Crippen molar-refractivity contribution in [2.24, 2.45) is 0 Å². The van der Waals surface area contributed by atoms with E-state index in [1.54, 1.807) is 18.2 Å². The van der Waals surface area contributed by atoms with Crippen LogP contribution in [0.2, 0.25) is 0 Å². The minimum atomic E-state index is -0.251. The lowest BCUT2D eigenvalue weighted by Crippen LogP contribution is -1.97. The molecule has 0 radical (unpaired) electrons. The zero-order valence-corrected chi connectivity index (χ0v) is 10.6. The van der Waals surface area contributed by atoms with E-state index in [1.807, 2.05) is 12.1 Å². The van der Waals surface area contributed by atoms with Crippen LogP contribution in [-0.4, -0.2) is 0 Å². The second kappa shape index (κ2) is 5.19. The third-order valence-electron chi connectivity index (χ3n) is 2.30. The number of ether oxygens (including phenoxy) is 1. The predicted molar refractivity (Wildman–Crippen MR) is 69.3 cm³/mol. The molecule has 0 unspecified atom stereocenters. The molecule has 2 rings (SSSR count). The van der Waals surface area contributed by atoms with E-state index in [1.165, 1.54) is 12.1 Å². The number of hydrogen-bond acceptors (Lipinski definition) is 2. The summed E-state index contributed by atoms with van der Waals surface area (Å²) in [5.41, 5.74) is 7.26. The molecule has 0 spiro atoms. The number of nitrogens with two attached hydrogens (primary N) is 1. The van der Waals surface area contributed by atoms with Gasteiger partial charge in [-0.15, -0.1) is 0 Å². The molecule has 0 saturated heterocycles. The fourth-order valence-electron chi connectivity index (χ4n) is 1.38. The van der Waals surface area contributed by atoms with Crippen LogP contribution in [0.5, 0.6) is 5.75 Å². The largest absolute Gasteiger partial charge is 0.488 e. The summed E-state index contributed by atoms with van der Waals surface area (Å²) in [4.78, 5) is 0. The predicted octanol–water partition coefficient (Wildman–Crippen LogP) is 3.75. The number of rotatable bonds is 3. The Bertz CT molecular complexity index is 513. The Morgan fingerprint density at radius 1 is 1.12 bits per heavy atom. The highest BCUT2D eigenvalue weighted by Gasteiger charge is 2.04. The number of hydrogen-bond donors (Lipinski definition) is 1. The van der Waals surface area contributed by atoms with Gasteiger partial charge in [0.25, 0.3) is 0 Å². The quantitative estimate of drug-likeness (QED) is 0.875. The standard InChI is InChI=1S/C13H11BrFNO/c14-13-11(16)2-1-3-12(13)17-8-9-4-6-10(15)7-5-9/h1-7H,8,16H2. The highest BCUT2D eigenvalue weighted by molar-refractivity contribution is 9.10. The first-order valence-corrected chi connectivity index (χ1v) is 5.87. The second-order valence-corrected chi connectivity index (χ2v) is 4.37. The number of anilines is 1. The molecule has 0 aromatic heterocycles. The molecule has 0 aliphatic rings. The summed E-state index contributed by atoms with van der Waals surface area (Å²) in [5.74, 6) is 0.424. The van der Waals surface area contributed by atoms with Crippen molar-refractivity contribution in [3.8, 4) is 5.75 Å². The second-order valence-electron chi connectivity index (χ2n) is 3.57. The van der Waals surface area contributed by atoms with Gasteiger partial charge in [0.15, 0.2) is 0 Å². The van der Waals surface area contributed by atoms with Gasteiger partial charge in [-0.3, -0.25) is 0 Å². The van der Waals surface area contributed by atoms with Crippen molar-refractivity contribution in [1.82, 2.24) is 0 Å². The molecule has 0 atom stereocenters. The molecule has 0 bridgehead atoms. The zero-order chi connectivity index (χ0) is 12.3. The van der Waals surface area contributed by atoms with Gasteiger partial charge in [0.05, 0.1) is 4.47 Å². The summed E-state index contributed by atoms with van der Waals surface area (Å²) >= 11 is 3.36. The molecule has 2 N–H and O–H groups in total. The number of benzene rings is 2. The van der Waals surface area contributed by atoms with Crippen molar-refractivity contribution >= 4 is 21.6 Å². The molecule has 0 saturated carbocycles. The van der Waals surface area contributed by atoms with E-state index < -0.39 is 0 Å². The summed E-state index contributed by atoms with van der Waals surface area (Å²) in [6.07, 6.45) is 0. The van der Waals surface area contributed by atoms with Crippen molar-refractivity contribution in [3.05, 3.63) is 58.3 Å². The Morgan fingerprint density at radius 3 is 2.53 bits per heavy atom. The third-order valence-corrected chi connectivity index (χ3v) is 3.15. The highest BCUT2D eigenvalue weighted by atomic mass is 79.9. The molecular weight excluding hydrogens is 285 g/mol. The SMILES string of the molecule is Nc1cccc(OCc2ccc(F)cc2)c1Br. The van der Waals surface area contributed by atoms with Gasteiger partial charge in [-0.05, 0) is 45.8 Å². The molecule has 0 heterocycles. The molecule has 0 fully saturated rings. The first-order chi connectivity index (χ1) is 8.16. The first-order valence-electron chi connectivity index (χ1n) is 5.08. The summed E-state index contributed by atoms with van der Waals surface area (Å²) in [5, 5.41) is 0. The van der Waals surface area contributed by atoms with Gasteiger partial charge in [0, 0.05) is 5.69 Å². The number of nitrogen functional groups attached to an aromatic ring is 1. The Balaban J connectivity index is 2.07. The molecule has 17 heavy (non-hydrogen) atoms. The normalized spacial score (nSPS) is 10.2. The van der Waals surface area contributed by atoms with Gasteiger partial charge in [0.2, 0.25) is 0 Å². The Morgan fingerprint density at radius 2 is 1.82 bits per heavy atom. The third kappa shape index (κ3) is 2.97. The monoisotopic (exact) mass is 295 g/mol. The number of halogens is 2. The van der Waals surface area contributed by atoms with Crippen molar-refractivity contribution in [2.45, 2.75) is 6.61 Å². The van der Waals surface area contributed by atoms with Crippen LogP contribution in [0.1, 0.15) is 5.56 Å². The van der Waals surface area contributed by atoms with E-state index in [0.717, 1.165) is 10.0 Å². The smallest absolute Gasteiger partial charge is 0.136 e. The van der Waals surface area contributed by atoms with Gasteiger partial charge in [-0.1, -0.05) is 18.2 Å². The molecule has 0 aliphatic heterocycles. The Labute approximate surface area is 107 Å². The highest BCUT2D eigenvalue weighted by Crippen LogP contribution is 2.30. The topological polar surface area (TPSA) is 35.2 Å². The van der Waals surface area contributed by atoms with E-state index >= 15 is 0 Å². The average Bonchev–Trinajstić information content (AvgIpc) is 2.33. The summed E-state index contributed by atoms with van der Waals surface area (Å²) in [6.45, 7) is 0.377. The summed E-state index contributed by atoms with van der Waals surface area (Å²) in [6, 6.07) is 11.6. The van der Waals surface area contributed by atoms with Gasteiger partial charge in [-0.25, -0.2) is 4.39 Å². The van der Waals surface area contributed by atoms with Crippen LogP contribution in [0.3, 0.4) is 0 Å². The van der Waals surface area contributed by atoms with Crippen molar-refractivity contribution in [3.63, 3.8) is 0 Å². The van der Waals surface area contributed by atoms with Crippen LogP contribution in [0.4, 0.5) is 10.1 Å². The van der Waals surface area contributed by atoms with Crippen LogP contribution >= 0.6 is 15.9 Å². The maximum Gasteiger partial charge on any atom is 0.136 e. The maximum absolute atomic E-state index is 12.7. The van der Waals surface area contributed by atoms with Crippen LogP contribution < -0.4 is 10.5 Å². The Hall–Kier alpha value is -1.55. The van der Waals surface area contributed by atoms with Gasteiger partial charge < -0.3 is 10.5 Å². The first kappa shape index (κ1) is 11.9. The van der Waals surface area contributed by atoms with Gasteiger partial charge in [-0.2, -0.15) is 0 Å². The van der Waals surface area contributed by atoms with E-state index in [2.05, 4.69) is 15.9 Å². The molecule has 4 heteroatoms. The van der Waals surface area contributed by atoms with Crippen LogP contribution in [0.25, 0.3) is 0 Å². The van der Waals surface area contributed by atoms with E-state index in [0.29, 0.717) is 18.0 Å². The van der Waals surface area contributed by atoms with E-state index in [-0.39, 0.29) is 5.82 Å². The molecule has 2 aromatic carbocycles. The summed E-state index contributed by atoms with van der Waals surface area (Å²) in [7, 11) is 0. The van der Waals surface area contributed by atoms with E-state index in [9.17, 15) is 4.39 Å². The average molecular weight is 296 g/mol. The lowest BCUT2D eigenvalue weighted by Gasteiger charge is -2.09. The fraction of sp³-hybridized carbons (Fsp3) is 0.0769. The molecule has 0 aliphatic carbocycles. The Kier molecular flexibility index (Phi) is 3.64.